The van der Waals surface area contributed by atoms with Crippen molar-refractivity contribution >= 4 is 28.9 Å². The van der Waals surface area contributed by atoms with Crippen LogP contribution in [-0.4, -0.2) is 43.8 Å². The van der Waals surface area contributed by atoms with Crippen molar-refractivity contribution in [1.29, 1.82) is 0 Å². The van der Waals surface area contributed by atoms with E-state index in [4.69, 9.17) is 5.21 Å². The van der Waals surface area contributed by atoms with Gasteiger partial charge in [-0.25, -0.2) is 10.5 Å². The fourth-order valence-corrected chi connectivity index (χ4v) is 3.80. The number of ketones is 1. The second kappa shape index (κ2) is 8.18. The number of Topliss-reactive ketones (excluding diaryl/α,β-unsaturated/α-hetero) is 1. The van der Waals surface area contributed by atoms with Gasteiger partial charge in [-0.1, -0.05) is 40.5 Å². The molecule has 2 heterocycles. The number of hydrogen-bond donors (Lipinski definition) is 3. The van der Waals surface area contributed by atoms with Gasteiger partial charge in [-0.15, -0.1) is 11.3 Å². The first kappa shape index (κ1) is 21.0. The van der Waals surface area contributed by atoms with E-state index in [0.717, 1.165) is 11.3 Å². The molecule has 0 aliphatic carbocycles. The van der Waals surface area contributed by atoms with Crippen LogP contribution in [-0.2, 0) is 14.4 Å². The molecule has 8 nitrogen and oxygen atoms in total. The highest BCUT2D eigenvalue weighted by Crippen LogP contribution is 2.43. The van der Waals surface area contributed by atoms with E-state index in [1.54, 1.807) is 31.6 Å². The lowest BCUT2D eigenvalue weighted by Gasteiger charge is -2.32. The molecule has 0 fully saturated rings. The maximum absolute atomic E-state index is 13.0. The van der Waals surface area contributed by atoms with Crippen LogP contribution in [0.1, 0.15) is 58.0 Å². The Labute approximate surface area is 161 Å². The van der Waals surface area contributed by atoms with Crippen molar-refractivity contribution in [3.8, 4) is 0 Å². The van der Waals surface area contributed by atoms with Crippen molar-refractivity contribution in [2.75, 3.05) is 0 Å². The number of aromatic nitrogens is 1. The van der Waals surface area contributed by atoms with Crippen LogP contribution in [0.4, 0.5) is 0 Å². The van der Waals surface area contributed by atoms with Gasteiger partial charge in [-0.2, -0.15) is 0 Å². The molecule has 3 N–H and O–H groups in total. The maximum atomic E-state index is 13.0. The highest BCUT2D eigenvalue weighted by molar-refractivity contribution is 7.09. The zero-order valence-corrected chi connectivity index (χ0v) is 16.7. The number of unbranched alkanes of at least 4 members (excludes halogenated alkanes) is 1. The Morgan fingerprint density at radius 3 is 2.56 bits per heavy atom. The van der Waals surface area contributed by atoms with Gasteiger partial charge in [0.1, 0.15) is 17.1 Å². The molecule has 2 rings (SSSR count). The van der Waals surface area contributed by atoms with Gasteiger partial charge in [-0.3, -0.25) is 19.6 Å². The number of aliphatic hydroxyl groups is 1. The molecular weight excluding hydrogens is 370 g/mol. The van der Waals surface area contributed by atoms with Crippen LogP contribution in [0.25, 0.3) is 0 Å². The SMILES string of the molecule is CCCCC(C(=O)NO)N1C(=O)C(O)=C(C(=O)C(C)(C)C)C1c1nccs1. The van der Waals surface area contributed by atoms with Crippen molar-refractivity contribution in [1.82, 2.24) is 15.4 Å². The predicted octanol–water partition coefficient (Wildman–Crippen LogP) is 2.52. The highest BCUT2D eigenvalue weighted by Gasteiger charge is 2.50. The Kier molecular flexibility index (Phi) is 6.38. The third kappa shape index (κ3) is 4.03. The zero-order valence-electron chi connectivity index (χ0n) is 15.9. The van der Waals surface area contributed by atoms with Gasteiger partial charge >= 0.3 is 0 Å². The molecule has 1 aliphatic heterocycles. The molecular formula is C18H25N3O5S. The minimum Gasteiger partial charge on any atom is -0.503 e. The summed E-state index contributed by atoms with van der Waals surface area (Å²) >= 11 is 1.22. The third-order valence-electron chi connectivity index (χ3n) is 4.43. The van der Waals surface area contributed by atoms with E-state index in [9.17, 15) is 19.5 Å². The molecule has 0 bridgehead atoms. The van der Waals surface area contributed by atoms with Gasteiger partial charge < -0.3 is 10.0 Å². The highest BCUT2D eigenvalue weighted by atomic mass is 32.1. The molecule has 0 spiro atoms. The van der Waals surface area contributed by atoms with Crippen molar-refractivity contribution in [2.24, 2.45) is 5.41 Å². The summed E-state index contributed by atoms with van der Waals surface area (Å²) < 4.78 is 0. The first-order valence-electron chi connectivity index (χ1n) is 8.79. The molecule has 0 saturated carbocycles. The summed E-state index contributed by atoms with van der Waals surface area (Å²) in [6, 6.07) is -2.01. The maximum Gasteiger partial charge on any atom is 0.290 e. The van der Waals surface area contributed by atoms with Gasteiger partial charge in [0.2, 0.25) is 0 Å². The van der Waals surface area contributed by atoms with E-state index in [1.165, 1.54) is 17.5 Å². The summed E-state index contributed by atoms with van der Waals surface area (Å²) in [6.45, 7) is 7.01. The number of amides is 2. The number of carbonyl (C=O) groups excluding carboxylic acids is 3. The first-order chi connectivity index (χ1) is 12.6. The van der Waals surface area contributed by atoms with Crippen molar-refractivity contribution in [3.63, 3.8) is 0 Å². The molecule has 1 aromatic rings. The van der Waals surface area contributed by atoms with Crippen LogP contribution >= 0.6 is 11.3 Å². The van der Waals surface area contributed by atoms with Gasteiger partial charge in [-0.05, 0) is 6.42 Å². The van der Waals surface area contributed by atoms with E-state index >= 15 is 0 Å². The largest absolute Gasteiger partial charge is 0.503 e. The second-order valence-corrected chi connectivity index (χ2v) is 8.39. The lowest BCUT2D eigenvalue weighted by atomic mass is 9.83. The number of aliphatic hydroxyl groups excluding tert-OH is 1. The molecule has 1 aromatic heterocycles. The standard InChI is InChI=1S/C18H25N3O5S/c1-5-6-7-10(15(24)20-26)21-12(16-19-8-9-27-16)11(13(22)17(21)25)14(23)18(2,3)4/h8-10,12,22,26H,5-7H2,1-4H3,(H,20,24). The number of rotatable bonds is 7. The Morgan fingerprint density at radius 1 is 1.41 bits per heavy atom. The normalized spacial score (nSPS) is 18.8. The Balaban J connectivity index is 2.59. The number of carbonyl (C=O) groups is 3. The summed E-state index contributed by atoms with van der Waals surface area (Å²) in [7, 11) is 0. The van der Waals surface area contributed by atoms with E-state index in [2.05, 4.69) is 4.98 Å². The van der Waals surface area contributed by atoms with Crippen LogP contribution in [0.15, 0.2) is 22.9 Å². The molecule has 2 amide bonds. The molecule has 0 aromatic carbocycles. The fraction of sp³-hybridized carbons (Fsp3) is 0.556. The van der Waals surface area contributed by atoms with Gasteiger partial charge in [0.25, 0.3) is 11.8 Å². The van der Waals surface area contributed by atoms with Gasteiger partial charge in [0.05, 0.1) is 5.57 Å². The lowest BCUT2D eigenvalue weighted by molar-refractivity contribution is -0.144. The molecule has 1 aliphatic rings. The monoisotopic (exact) mass is 395 g/mol. The Bertz CT molecular complexity index is 752. The second-order valence-electron chi connectivity index (χ2n) is 7.46. The molecule has 2 atom stereocenters. The summed E-state index contributed by atoms with van der Waals surface area (Å²) in [4.78, 5) is 43.5. The van der Waals surface area contributed by atoms with Crippen LogP contribution < -0.4 is 5.48 Å². The van der Waals surface area contributed by atoms with Crippen molar-refractivity contribution < 1.29 is 24.7 Å². The third-order valence-corrected chi connectivity index (χ3v) is 5.26. The van der Waals surface area contributed by atoms with E-state index in [1.807, 2.05) is 6.92 Å². The molecule has 2 unspecified atom stereocenters. The zero-order chi connectivity index (χ0) is 20.4. The summed E-state index contributed by atoms with van der Waals surface area (Å²) in [6.07, 6.45) is 3.20. The lowest BCUT2D eigenvalue weighted by Crippen LogP contribution is -2.49. The Morgan fingerprint density at radius 2 is 2.07 bits per heavy atom. The average molecular weight is 395 g/mol. The topological polar surface area (TPSA) is 120 Å². The molecule has 9 heteroatoms. The van der Waals surface area contributed by atoms with Crippen LogP contribution in [0.5, 0.6) is 0 Å². The fourth-order valence-electron chi connectivity index (χ4n) is 3.06. The van der Waals surface area contributed by atoms with Gasteiger partial charge in [0.15, 0.2) is 11.5 Å². The summed E-state index contributed by atoms with van der Waals surface area (Å²) in [5.74, 6) is -2.64. The first-order valence-corrected chi connectivity index (χ1v) is 9.67. The molecule has 148 valence electrons. The smallest absolute Gasteiger partial charge is 0.290 e. The number of nitrogens with zero attached hydrogens (tertiary/aromatic N) is 2. The number of thiazole rings is 1. The van der Waals surface area contributed by atoms with E-state index in [-0.39, 0.29) is 12.0 Å². The number of hydrogen-bond acceptors (Lipinski definition) is 7. The summed E-state index contributed by atoms with van der Waals surface area (Å²) in [5, 5.41) is 21.8. The van der Waals surface area contributed by atoms with Crippen LogP contribution in [0.2, 0.25) is 0 Å². The number of hydroxylamine groups is 1. The van der Waals surface area contributed by atoms with Crippen molar-refractivity contribution in [3.05, 3.63) is 27.9 Å². The van der Waals surface area contributed by atoms with E-state index in [0.29, 0.717) is 11.4 Å². The van der Waals surface area contributed by atoms with Gasteiger partial charge in [0, 0.05) is 17.0 Å². The minimum atomic E-state index is -1.04. The summed E-state index contributed by atoms with van der Waals surface area (Å²) in [5.41, 5.74) is 0.691. The molecule has 0 saturated heterocycles. The van der Waals surface area contributed by atoms with Crippen molar-refractivity contribution in [2.45, 2.75) is 59.0 Å². The van der Waals surface area contributed by atoms with Crippen LogP contribution in [0, 0.1) is 5.41 Å². The molecule has 27 heavy (non-hydrogen) atoms. The Hall–Kier alpha value is -2.26. The average Bonchev–Trinajstić information content (AvgIpc) is 3.22. The minimum absolute atomic E-state index is 0.0605. The van der Waals surface area contributed by atoms with E-state index < -0.39 is 40.9 Å². The molecule has 0 radical (unpaired) electrons. The quantitative estimate of drug-likeness (QED) is 0.482. The number of nitrogens with one attached hydrogen (secondary N) is 1. The van der Waals surface area contributed by atoms with Crippen LogP contribution in [0.3, 0.4) is 0 Å². The predicted molar refractivity (Wildman–Crippen MR) is 99.1 cm³/mol.